The highest BCUT2D eigenvalue weighted by molar-refractivity contribution is 5.77. The molecule has 2 rings (SSSR count). The Morgan fingerprint density at radius 3 is 2.50 bits per heavy atom. The van der Waals surface area contributed by atoms with Gasteiger partial charge in [-0.2, -0.15) is 0 Å². The Balaban J connectivity index is 2.42. The van der Waals surface area contributed by atoms with Crippen molar-refractivity contribution in [2.75, 3.05) is 0 Å². The van der Waals surface area contributed by atoms with E-state index in [1.54, 1.807) is 0 Å². The number of fused-ring (bicyclic) bond motifs is 1. The molecule has 0 saturated heterocycles. The fourth-order valence-corrected chi connectivity index (χ4v) is 2.53. The SMILES string of the molecule is CC(C)CCc1nc2cc(CN)ccc2n1CC(C)C. The van der Waals surface area contributed by atoms with Crippen molar-refractivity contribution in [1.82, 2.24) is 9.55 Å². The molecule has 0 aliphatic rings. The van der Waals surface area contributed by atoms with Gasteiger partial charge in [0.2, 0.25) is 0 Å². The number of rotatable bonds is 6. The van der Waals surface area contributed by atoms with Crippen LogP contribution >= 0.6 is 0 Å². The maximum absolute atomic E-state index is 5.73. The van der Waals surface area contributed by atoms with Crippen molar-refractivity contribution in [3.8, 4) is 0 Å². The Bertz CT molecular complexity index is 567. The van der Waals surface area contributed by atoms with E-state index in [2.05, 4.69) is 50.5 Å². The lowest BCUT2D eigenvalue weighted by atomic mass is 10.1. The van der Waals surface area contributed by atoms with E-state index in [0.717, 1.165) is 24.0 Å². The summed E-state index contributed by atoms with van der Waals surface area (Å²) < 4.78 is 2.39. The molecular formula is C17H27N3. The second kappa shape index (κ2) is 6.40. The molecule has 2 aromatic rings. The molecule has 0 saturated carbocycles. The molecule has 2 N–H and O–H groups in total. The number of hydrogen-bond acceptors (Lipinski definition) is 2. The number of nitrogens with two attached hydrogens (primary N) is 1. The maximum Gasteiger partial charge on any atom is 0.109 e. The molecule has 0 amide bonds. The summed E-state index contributed by atoms with van der Waals surface area (Å²) in [5.74, 6) is 2.55. The molecule has 3 nitrogen and oxygen atoms in total. The van der Waals surface area contributed by atoms with Crippen molar-refractivity contribution in [3.63, 3.8) is 0 Å². The molecule has 0 aliphatic heterocycles. The lowest BCUT2D eigenvalue weighted by Gasteiger charge is -2.12. The maximum atomic E-state index is 5.73. The zero-order valence-electron chi connectivity index (χ0n) is 13.2. The Morgan fingerprint density at radius 2 is 1.90 bits per heavy atom. The Morgan fingerprint density at radius 1 is 1.15 bits per heavy atom. The summed E-state index contributed by atoms with van der Waals surface area (Å²) in [5, 5.41) is 0. The number of nitrogens with zero attached hydrogens (tertiary/aromatic N) is 2. The monoisotopic (exact) mass is 273 g/mol. The molecule has 1 aromatic heterocycles. The fraction of sp³-hybridized carbons (Fsp3) is 0.588. The molecule has 110 valence electrons. The summed E-state index contributed by atoms with van der Waals surface area (Å²) in [7, 11) is 0. The molecule has 0 atom stereocenters. The molecule has 0 aliphatic carbocycles. The predicted octanol–water partition coefficient (Wildman–Crippen LogP) is 3.74. The van der Waals surface area contributed by atoms with Crippen molar-refractivity contribution in [3.05, 3.63) is 29.6 Å². The minimum Gasteiger partial charge on any atom is -0.328 e. The van der Waals surface area contributed by atoms with Crippen LogP contribution in [0.3, 0.4) is 0 Å². The first-order valence-corrected chi connectivity index (χ1v) is 7.69. The summed E-state index contributed by atoms with van der Waals surface area (Å²) in [5.41, 5.74) is 9.22. The van der Waals surface area contributed by atoms with E-state index in [1.807, 2.05) is 0 Å². The largest absolute Gasteiger partial charge is 0.328 e. The summed E-state index contributed by atoms with van der Waals surface area (Å²) in [6, 6.07) is 6.42. The lowest BCUT2D eigenvalue weighted by molar-refractivity contribution is 0.499. The van der Waals surface area contributed by atoms with Gasteiger partial charge in [0, 0.05) is 19.5 Å². The van der Waals surface area contributed by atoms with Gasteiger partial charge in [-0.15, -0.1) is 0 Å². The number of aryl methyl sites for hydroxylation is 1. The van der Waals surface area contributed by atoms with Crippen molar-refractivity contribution < 1.29 is 0 Å². The Labute approximate surface area is 122 Å². The van der Waals surface area contributed by atoms with Crippen LogP contribution in [0.2, 0.25) is 0 Å². The van der Waals surface area contributed by atoms with Crippen molar-refractivity contribution in [2.45, 2.75) is 53.6 Å². The molecule has 0 radical (unpaired) electrons. The zero-order chi connectivity index (χ0) is 14.7. The smallest absolute Gasteiger partial charge is 0.109 e. The van der Waals surface area contributed by atoms with E-state index in [0.29, 0.717) is 18.4 Å². The third-order valence-corrected chi connectivity index (χ3v) is 3.62. The van der Waals surface area contributed by atoms with Crippen LogP contribution in [0.5, 0.6) is 0 Å². The van der Waals surface area contributed by atoms with Gasteiger partial charge in [0.15, 0.2) is 0 Å². The van der Waals surface area contributed by atoms with E-state index in [1.165, 1.54) is 17.8 Å². The first-order chi connectivity index (χ1) is 9.51. The average molecular weight is 273 g/mol. The van der Waals surface area contributed by atoms with E-state index >= 15 is 0 Å². The van der Waals surface area contributed by atoms with Crippen LogP contribution in [-0.4, -0.2) is 9.55 Å². The van der Waals surface area contributed by atoms with Crippen LogP contribution < -0.4 is 5.73 Å². The topological polar surface area (TPSA) is 43.8 Å². The van der Waals surface area contributed by atoms with E-state index < -0.39 is 0 Å². The van der Waals surface area contributed by atoms with Gasteiger partial charge in [0.25, 0.3) is 0 Å². The summed E-state index contributed by atoms with van der Waals surface area (Å²) >= 11 is 0. The highest BCUT2D eigenvalue weighted by Gasteiger charge is 2.12. The van der Waals surface area contributed by atoms with Gasteiger partial charge in [0.1, 0.15) is 5.82 Å². The Hall–Kier alpha value is -1.35. The van der Waals surface area contributed by atoms with Gasteiger partial charge >= 0.3 is 0 Å². The molecule has 3 heteroatoms. The highest BCUT2D eigenvalue weighted by atomic mass is 15.1. The minimum absolute atomic E-state index is 0.578. The molecule has 1 aromatic carbocycles. The van der Waals surface area contributed by atoms with Gasteiger partial charge in [-0.25, -0.2) is 4.98 Å². The molecule has 1 heterocycles. The summed E-state index contributed by atoms with van der Waals surface area (Å²) in [6.45, 7) is 10.7. The highest BCUT2D eigenvalue weighted by Crippen LogP contribution is 2.21. The van der Waals surface area contributed by atoms with Crippen molar-refractivity contribution >= 4 is 11.0 Å². The van der Waals surface area contributed by atoms with Gasteiger partial charge in [-0.3, -0.25) is 0 Å². The Kier molecular flexibility index (Phi) is 4.81. The molecular weight excluding hydrogens is 246 g/mol. The first-order valence-electron chi connectivity index (χ1n) is 7.69. The first kappa shape index (κ1) is 15.0. The zero-order valence-corrected chi connectivity index (χ0v) is 13.2. The average Bonchev–Trinajstić information content (AvgIpc) is 2.73. The number of hydrogen-bond donors (Lipinski definition) is 1. The number of benzene rings is 1. The number of aromatic nitrogens is 2. The van der Waals surface area contributed by atoms with E-state index in [-0.39, 0.29) is 0 Å². The van der Waals surface area contributed by atoms with E-state index in [4.69, 9.17) is 10.7 Å². The van der Waals surface area contributed by atoms with Gasteiger partial charge < -0.3 is 10.3 Å². The normalized spacial score (nSPS) is 11.9. The molecule has 0 unspecified atom stereocenters. The van der Waals surface area contributed by atoms with Crippen molar-refractivity contribution in [2.24, 2.45) is 17.6 Å². The van der Waals surface area contributed by atoms with Crippen molar-refractivity contribution in [1.29, 1.82) is 0 Å². The van der Waals surface area contributed by atoms with Crippen LogP contribution in [0.4, 0.5) is 0 Å². The van der Waals surface area contributed by atoms with Crippen LogP contribution in [0.15, 0.2) is 18.2 Å². The van der Waals surface area contributed by atoms with Gasteiger partial charge in [-0.05, 0) is 36.0 Å². The van der Waals surface area contributed by atoms with Crippen LogP contribution in [0.1, 0.15) is 45.5 Å². The lowest BCUT2D eigenvalue weighted by Crippen LogP contribution is -2.09. The molecule has 0 spiro atoms. The molecule has 20 heavy (non-hydrogen) atoms. The number of imidazole rings is 1. The van der Waals surface area contributed by atoms with Crippen LogP contribution in [0.25, 0.3) is 11.0 Å². The predicted molar refractivity (Wildman–Crippen MR) is 85.6 cm³/mol. The second-order valence-corrected chi connectivity index (χ2v) is 6.49. The van der Waals surface area contributed by atoms with E-state index in [9.17, 15) is 0 Å². The van der Waals surface area contributed by atoms with Crippen LogP contribution in [0, 0.1) is 11.8 Å². The third kappa shape index (κ3) is 3.40. The van der Waals surface area contributed by atoms with Gasteiger partial charge in [-0.1, -0.05) is 33.8 Å². The molecule has 0 bridgehead atoms. The van der Waals surface area contributed by atoms with Crippen LogP contribution in [-0.2, 0) is 19.5 Å². The fourth-order valence-electron chi connectivity index (χ4n) is 2.53. The standard InChI is InChI=1S/C17H27N3/c1-12(2)5-8-17-19-15-9-14(10-18)6-7-16(15)20(17)11-13(3)4/h6-7,9,12-13H,5,8,10-11,18H2,1-4H3. The minimum atomic E-state index is 0.578. The molecule has 0 fully saturated rings. The summed E-state index contributed by atoms with van der Waals surface area (Å²) in [4.78, 5) is 4.85. The van der Waals surface area contributed by atoms with Gasteiger partial charge in [0.05, 0.1) is 11.0 Å². The second-order valence-electron chi connectivity index (χ2n) is 6.49. The quantitative estimate of drug-likeness (QED) is 0.871. The third-order valence-electron chi connectivity index (χ3n) is 3.62. The summed E-state index contributed by atoms with van der Waals surface area (Å²) in [6.07, 6.45) is 2.24.